The van der Waals surface area contributed by atoms with E-state index in [1.165, 1.54) is 68.1 Å². The second-order valence-corrected chi connectivity index (χ2v) is 8.48. The maximum Gasteiger partial charge on any atom is 0.0991 e. The Balaban J connectivity index is 1.51. The fraction of sp³-hybridized carbons (Fsp3) is 0.500. The highest BCUT2D eigenvalue weighted by molar-refractivity contribution is 5.64. The normalized spacial score (nSPS) is 22.3. The van der Waals surface area contributed by atoms with Gasteiger partial charge in [-0.2, -0.15) is 5.26 Å². The van der Waals surface area contributed by atoms with E-state index in [2.05, 4.69) is 44.2 Å². The van der Waals surface area contributed by atoms with Crippen molar-refractivity contribution in [2.75, 3.05) is 0 Å². The summed E-state index contributed by atoms with van der Waals surface area (Å²) in [6.07, 6.45) is 11.1. The zero-order valence-corrected chi connectivity index (χ0v) is 17.0. The Kier molecular flexibility index (Phi) is 7.11. The number of nitrogens with zero attached hydrogens (tertiary/aromatic N) is 1. The first-order valence-electron chi connectivity index (χ1n) is 10.8. The molecular formula is C26H33N. The summed E-state index contributed by atoms with van der Waals surface area (Å²) in [6.45, 7) is 4.79. The number of hydrogen-bond acceptors (Lipinski definition) is 1. The molecule has 1 saturated carbocycles. The second kappa shape index (κ2) is 9.75. The minimum atomic E-state index is 0.717. The Morgan fingerprint density at radius 3 is 2.19 bits per heavy atom. The van der Waals surface area contributed by atoms with Gasteiger partial charge in [0.25, 0.3) is 0 Å². The Labute approximate surface area is 165 Å². The lowest BCUT2D eigenvalue weighted by atomic mass is 9.71. The average molecular weight is 360 g/mol. The predicted molar refractivity (Wildman–Crippen MR) is 114 cm³/mol. The smallest absolute Gasteiger partial charge is 0.0991 e. The van der Waals surface area contributed by atoms with Crippen LogP contribution in [0.25, 0.3) is 11.1 Å². The van der Waals surface area contributed by atoms with Crippen molar-refractivity contribution in [1.82, 2.24) is 0 Å². The molecule has 0 aromatic heterocycles. The first-order chi connectivity index (χ1) is 13.2. The molecule has 0 N–H and O–H groups in total. The van der Waals surface area contributed by atoms with Crippen molar-refractivity contribution in [1.29, 1.82) is 5.26 Å². The molecule has 2 aromatic carbocycles. The minimum Gasteiger partial charge on any atom is -0.192 e. The molecule has 142 valence electrons. The van der Waals surface area contributed by atoms with Crippen molar-refractivity contribution >= 4 is 0 Å². The molecule has 0 bridgehead atoms. The fourth-order valence-corrected chi connectivity index (χ4v) is 4.71. The highest BCUT2D eigenvalue weighted by Gasteiger charge is 2.26. The van der Waals surface area contributed by atoms with Crippen molar-refractivity contribution in [2.24, 2.45) is 17.8 Å². The summed E-state index contributed by atoms with van der Waals surface area (Å²) in [5.74, 6) is 2.78. The van der Waals surface area contributed by atoms with Gasteiger partial charge in [-0.15, -0.1) is 0 Å². The van der Waals surface area contributed by atoms with Crippen LogP contribution in [-0.4, -0.2) is 0 Å². The maximum absolute atomic E-state index is 8.92. The van der Waals surface area contributed by atoms with Crippen molar-refractivity contribution in [2.45, 2.75) is 65.2 Å². The van der Waals surface area contributed by atoms with E-state index in [-0.39, 0.29) is 0 Å². The predicted octanol–water partition coefficient (Wildman–Crippen LogP) is 7.40. The summed E-state index contributed by atoms with van der Waals surface area (Å²) in [5, 5.41) is 8.92. The molecule has 3 rings (SSSR count). The van der Waals surface area contributed by atoms with E-state index in [9.17, 15) is 0 Å². The lowest BCUT2D eigenvalue weighted by Gasteiger charge is -2.34. The summed E-state index contributed by atoms with van der Waals surface area (Å²) >= 11 is 0. The van der Waals surface area contributed by atoms with Crippen LogP contribution in [0, 0.1) is 29.1 Å². The van der Waals surface area contributed by atoms with Gasteiger partial charge in [0.15, 0.2) is 0 Å². The highest BCUT2D eigenvalue weighted by atomic mass is 14.3. The van der Waals surface area contributed by atoms with Gasteiger partial charge in [0, 0.05) is 0 Å². The van der Waals surface area contributed by atoms with Crippen LogP contribution in [0.5, 0.6) is 0 Å². The van der Waals surface area contributed by atoms with E-state index in [1.54, 1.807) is 0 Å². The van der Waals surface area contributed by atoms with Gasteiger partial charge in [0.1, 0.15) is 0 Å². The zero-order valence-electron chi connectivity index (χ0n) is 17.0. The van der Waals surface area contributed by atoms with Gasteiger partial charge in [-0.1, -0.05) is 75.9 Å². The van der Waals surface area contributed by atoms with Gasteiger partial charge in [0.05, 0.1) is 11.6 Å². The molecule has 0 spiro atoms. The van der Waals surface area contributed by atoms with Crippen LogP contribution in [-0.2, 0) is 6.42 Å². The number of nitriles is 1. The van der Waals surface area contributed by atoms with Crippen molar-refractivity contribution in [3.05, 3.63) is 59.7 Å². The number of aryl methyl sites for hydroxylation is 1. The number of unbranched alkanes of at least 4 members (excludes halogenated alkanes) is 1. The molecule has 1 aliphatic carbocycles. The molecule has 0 aliphatic heterocycles. The SMILES string of the molecule is CCCCC1CCC(CCc2ccc(-c3ccc(C#N)cc3)cc2)C(C)C1. The fourth-order valence-electron chi connectivity index (χ4n) is 4.71. The third-order valence-electron chi connectivity index (χ3n) is 6.53. The lowest BCUT2D eigenvalue weighted by molar-refractivity contribution is 0.176. The molecule has 0 saturated heterocycles. The number of benzene rings is 2. The minimum absolute atomic E-state index is 0.717. The summed E-state index contributed by atoms with van der Waals surface area (Å²) in [6, 6.07) is 19.0. The standard InChI is InChI=1S/C26H33N/c1-3-4-5-22-9-13-24(20(2)18-22)12-6-21-7-14-25(15-8-21)26-16-10-23(19-27)11-17-26/h7-8,10-11,14-17,20,22,24H,3-6,9,12-13,18H2,1-2H3. The molecule has 0 heterocycles. The van der Waals surface area contributed by atoms with E-state index in [1.807, 2.05) is 24.3 Å². The average Bonchev–Trinajstić information content (AvgIpc) is 2.72. The molecule has 3 atom stereocenters. The van der Waals surface area contributed by atoms with Crippen molar-refractivity contribution < 1.29 is 0 Å². The van der Waals surface area contributed by atoms with Crippen LogP contribution in [0.2, 0.25) is 0 Å². The Morgan fingerprint density at radius 1 is 0.926 bits per heavy atom. The van der Waals surface area contributed by atoms with E-state index in [0.717, 1.165) is 17.8 Å². The second-order valence-electron chi connectivity index (χ2n) is 8.48. The molecule has 1 aliphatic rings. The summed E-state index contributed by atoms with van der Waals surface area (Å²) < 4.78 is 0. The summed E-state index contributed by atoms with van der Waals surface area (Å²) in [4.78, 5) is 0. The molecule has 27 heavy (non-hydrogen) atoms. The van der Waals surface area contributed by atoms with Crippen LogP contribution in [0.4, 0.5) is 0 Å². The Morgan fingerprint density at radius 2 is 1.59 bits per heavy atom. The first-order valence-corrected chi connectivity index (χ1v) is 10.8. The van der Waals surface area contributed by atoms with E-state index in [4.69, 9.17) is 5.26 Å². The summed E-state index contributed by atoms with van der Waals surface area (Å²) in [7, 11) is 0. The molecule has 1 fully saturated rings. The number of hydrogen-bond donors (Lipinski definition) is 0. The summed E-state index contributed by atoms with van der Waals surface area (Å²) in [5.41, 5.74) is 4.58. The van der Waals surface area contributed by atoms with Crippen molar-refractivity contribution in [3.8, 4) is 17.2 Å². The van der Waals surface area contributed by atoms with Crippen LogP contribution >= 0.6 is 0 Å². The van der Waals surface area contributed by atoms with Gasteiger partial charge in [-0.25, -0.2) is 0 Å². The third kappa shape index (κ3) is 5.46. The van der Waals surface area contributed by atoms with Gasteiger partial charge in [0.2, 0.25) is 0 Å². The molecule has 1 nitrogen and oxygen atoms in total. The van der Waals surface area contributed by atoms with Crippen LogP contribution in [0.15, 0.2) is 48.5 Å². The van der Waals surface area contributed by atoms with Crippen LogP contribution in [0.1, 0.15) is 69.9 Å². The Hall–Kier alpha value is -2.07. The number of rotatable bonds is 7. The zero-order chi connectivity index (χ0) is 19.1. The largest absolute Gasteiger partial charge is 0.192 e. The first kappa shape index (κ1) is 19.7. The highest BCUT2D eigenvalue weighted by Crippen LogP contribution is 2.38. The quantitative estimate of drug-likeness (QED) is 0.505. The maximum atomic E-state index is 8.92. The molecule has 1 heteroatoms. The molecule has 3 unspecified atom stereocenters. The van der Waals surface area contributed by atoms with Gasteiger partial charge >= 0.3 is 0 Å². The van der Waals surface area contributed by atoms with Crippen LogP contribution in [0.3, 0.4) is 0 Å². The third-order valence-corrected chi connectivity index (χ3v) is 6.53. The van der Waals surface area contributed by atoms with Gasteiger partial charge in [-0.05, 0) is 72.3 Å². The monoisotopic (exact) mass is 359 g/mol. The van der Waals surface area contributed by atoms with Gasteiger partial charge < -0.3 is 0 Å². The van der Waals surface area contributed by atoms with Gasteiger partial charge in [-0.3, -0.25) is 0 Å². The molecule has 0 amide bonds. The van der Waals surface area contributed by atoms with Crippen LogP contribution < -0.4 is 0 Å². The molecule has 2 aromatic rings. The van der Waals surface area contributed by atoms with E-state index >= 15 is 0 Å². The van der Waals surface area contributed by atoms with E-state index in [0.29, 0.717) is 5.56 Å². The van der Waals surface area contributed by atoms with E-state index < -0.39 is 0 Å². The topological polar surface area (TPSA) is 23.8 Å². The molecule has 0 radical (unpaired) electrons. The lowest BCUT2D eigenvalue weighted by Crippen LogP contribution is -2.23. The molecular weight excluding hydrogens is 326 g/mol. The Bertz CT molecular complexity index is 735. The van der Waals surface area contributed by atoms with Crippen molar-refractivity contribution in [3.63, 3.8) is 0 Å².